The van der Waals surface area contributed by atoms with E-state index in [2.05, 4.69) is 5.32 Å². The van der Waals surface area contributed by atoms with Gasteiger partial charge < -0.3 is 10.1 Å². The number of halogens is 2. The third-order valence-electron chi connectivity index (χ3n) is 2.24. The lowest BCUT2D eigenvalue weighted by molar-refractivity contribution is -0.116. The molecule has 0 saturated heterocycles. The maximum atomic E-state index is 11.6. The topological polar surface area (TPSA) is 38.3 Å². The van der Waals surface area contributed by atoms with Crippen molar-refractivity contribution < 1.29 is 9.53 Å². The number of hydrogen-bond acceptors (Lipinski definition) is 2. The van der Waals surface area contributed by atoms with Gasteiger partial charge in [-0.05, 0) is 25.0 Å². The second-order valence-electron chi connectivity index (χ2n) is 3.54. The molecule has 5 heteroatoms. The van der Waals surface area contributed by atoms with E-state index in [9.17, 15) is 4.79 Å². The summed E-state index contributed by atoms with van der Waals surface area (Å²) in [6.45, 7) is 0. The van der Waals surface area contributed by atoms with Gasteiger partial charge in [0.1, 0.15) is 5.75 Å². The first-order valence-electron chi connectivity index (χ1n) is 5.36. The highest BCUT2D eigenvalue weighted by Gasteiger charge is 2.06. The monoisotopic (exact) mass is 275 g/mol. The molecular weight excluding hydrogens is 261 g/mol. The number of methoxy groups -OCH3 is 1. The third kappa shape index (κ3) is 4.84. The fourth-order valence-corrected chi connectivity index (χ4v) is 1.67. The molecule has 17 heavy (non-hydrogen) atoms. The molecule has 0 saturated carbocycles. The quantitative estimate of drug-likeness (QED) is 0.635. The van der Waals surface area contributed by atoms with Crippen LogP contribution in [0.2, 0.25) is 5.02 Å². The third-order valence-corrected chi connectivity index (χ3v) is 2.83. The summed E-state index contributed by atoms with van der Waals surface area (Å²) in [5, 5.41) is 3.25. The highest BCUT2D eigenvalue weighted by atomic mass is 35.5. The van der Waals surface area contributed by atoms with Gasteiger partial charge >= 0.3 is 0 Å². The van der Waals surface area contributed by atoms with Crippen LogP contribution in [0.15, 0.2) is 18.2 Å². The molecule has 0 atom stereocenters. The van der Waals surface area contributed by atoms with Gasteiger partial charge in [0.05, 0.1) is 17.8 Å². The van der Waals surface area contributed by atoms with Crippen LogP contribution in [0.1, 0.15) is 19.3 Å². The van der Waals surface area contributed by atoms with Gasteiger partial charge in [-0.15, -0.1) is 11.6 Å². The second kappa shape index (κ2) is 7.41. The Hall–Kier alpha value is -0.930. The van der Waals surface area contributed by atoms with Crippen molar-refractivity contribution in [1.82, 2.24) is 0 Å². The van der Waals surface area contributed by atoms with Crippen LogP contribution in [0.5, 0.6) is 5.75 Å². The Morgan fingerprint density at radius 1 is 1.41 bits per heavy atom. The molecule has 1 aromatic rings. The van der Waals surface area contributed by atoms with Gasteiger partial charge in [-0.3, -0.25) is 4.79 Å². The van der Waals surface area contributed by atoms with Crippen molar-refractivity contribution in [3.05, 3.63) is 23.2 Å². The van der Waals surface area contributed by atoms with Crippen molar-refractivity contribution in [2.24, 2.45) is 0 Å². The predicted molar refractivity (Wildman–Crippen MR) is 71.2 cm³/mol. The Bertz CT molecular complexity index is 383. The zero-order valence-electron chi connectivity index (χ0n) is 9.63. The molecule has 0 fully saturated rings. The summed E-state index contributed by atoms with van der Waals surface area (Å²) >= 11 is 11.5. The van der Waals surface area contributed by atoms with E-state index >= 15 is 0 Å². The SMILES string of the molecule is COc1ccc(Cl)c(NC(=O)CCCCCl)c1. The van der Waals surface area contributed by atoms with Crippen LogP contribution in [0.3, 0.4) is 0 Å². The standard InChI is InChI=1S/C12H15Cl2NO2/c1-17-9-5-6-10(14)11(8-9)15-12(16)4-2-3-7-13/h5-6,8H,2-4,7H2,1H3,(H,15,16). The molecule has 0 heterocycles. The van der Waals surface area contributed by atoms with Gasteiger partial charge in [0.15, 0.2) is 0 Å². The van der Waals surface area contributed by atoms with Crippen molar-refractivity contribution in [3.8, 4) is 5.75 Å². The number of alkyl halides is 1. The van der Waals surface area contributed by atoms with Crippen LogP contribution in [0.25, 0.3) is 0 Å². The number of anilines is 1. The second-order valence-corrected chi connectivity index (χ2v) is 4.33. The maximum absolute atomic E-state index is 11.6. The number of amides is 1. The van der Waals surface area contributed by atoms with Crippen molar-refractivity contribution >= 4 is 34.8 Å². The Balaban J connectivity index is 2.57. The molecule has 0 aromatic heterocycles. The van der Waals surface area contributed by atoms with Gasteiger partial charge in [-0.1, -0.05) is 11.6 Å². The van der Waals surface area contributed by atoms with Crippen molar-refractivity contribution in [3.63, 3.8) is 0 Å². The van der Waals surface area contributed by atoms with Crippen LogP contribution < -0.4 is 10.1 Å². The molecule has 0 aliphatic rings. The summed E-state index contributed by atoms with van der Waals surface area (Å²) in [6, 6.07) is 5.13. The number of hydrogen-bond donors (Lipinski definition) is 1. The summed E-state index contributed by atoms with van der Waals surface area (Å²) in [7, 11) is 1.56. The van der Waals surface area contributed by atoms with Crippen LogP contribution in [0.4, 0.5) is 5.69 Å². The number of benzene rings is 1. The van der Waals surface area contributed by atoms with E-state index in [1.807, 2.05) is 0 Å². The summed E-state index contributed by atoms with van der Waals surface area (Å²) < 4.78 is 5.06. The number of carbonyl (C=O) groups is 1. The fraction of sp³-hybridized carbons (Fsp3) is 0.417. The highest BCUT2D eigenvalue weighted by molar-refractivity contribution is 6.33. The first-order valence-corrected chi connectivity index (χ1v) is 6.28. The Labute approximate surface area is 111 Å². The molecule has 3 nitrogen and oxygen atoms in total. The fourth-order valence-electron chi connectivity index (χ4n) is 1.32. The van der Waals surface area contributed by atoms with Crippen molar-refractivity contribution in [1.29, 1.82) is 0 Å². The lowest BCUT2D eigenvalue weighted by Crippen LogP contribution is -2.11. The highest BCUT2D eigenvalue weighted by Crippen LogP contribution is 2.26. The van der Waals surface area contributed by atoms with Gasteiger partial charge in [0, 0.05) is 18.4 Å². The molecule has 0 bridgehead atoms. The molecule has 94 valence electrons. The largest absolute Gasteiger partial charge is 0.497 e. The maximum Gasteiger partial charge on any atom is 0.224 e. The van der Waals surface area contributed by atoms with E-state index in [1.165, 1.54) is 0 Å². The molecule has 0 radical (unpaired) electrons. The van der Waals surface area contributed by atoms with Crippen LogP contribution in [0, 0.1) is 0 Å². The number of unbranched alkanes of at least 4 members (excludes halogenated alkanes) is 1. The van der Waals surface area contributed by atoms with Crippen LogP contribution in [-0.4, -0.2) is 18.9 Å². The first-order chi connectivity index (χ1) is 8.17. The number of rotatable bonds is 6. The van der Waals surface area contributed by atoms with Gasteiger partial charge in [0.2, 0.25) is 5.91 Å². The smallest absolute Gasteiger partial charge is 0.224 e. The van der Waals surface area contributed by atoms with Crippen molar-refractivity contribution in [2.75, 3.05) is 18.3 Å². The molecular formula is C12H15Cl2NO2. The van der Waals surface area contributed by atoms with E-state index in [1.54, 1.807) is 25.3 Å². The minimum absolute atomic E-state index is 0.0646. The van der Waals surface area contributed by atoms with Crippen LogP contribution >= 0.6 is 23.2 Å². The Morgan fingerprint density at radius 3 is 2.82 bits per heavy atom. The van der Waals surface area contributed by atoms with Crippen molar-refractivity contribution in [2.45, 2.75) is 19.3 Å². The molecule has 0 aliphatic heterocycles. The Morgan fingerprint density at radius 2 is 2.18 bits per heavy atom. The van der Waals surface area contributed by atoms with E-state index < -0.39 is 0 Å². The normalized spacial score (nSPS) is 10.1. The summed E-state index contributed by atoms with van der Waals surface area (Å²) in [5.41, 5.74) is 0.571. The molecule has 0 aliphatic carbocycles. The minimum Gasteiger partial charge on any atom is -0.497 e. The molecule has 1 aromatic carbocycles. The minimum atomic E-state index is -0.0646. The van der Waals surface area contributed by atoms with Gasteiger partial charge in [0.25, 0.3) is 0 Å². The Kier molecular flexibility index (Phi) is 6.16. The zero-order chi connectivity index (χ0) is 12.7. The lowest BCUT2D eigenvalue weighted by Gasteiger charge is -2.08. The van der Waals surface area contributed by atoms with Gasteiger partial charge in [-0.25, -0.2) is 0 Å². The molecule has 0 unspecified atom stereocenters. The average Bonchev–Trinajstić information content (AvgIpc) is 2.32. The van der Waals surface area contributed by atoms with E-state index in [4.69, 9.17) is 27.9 Å². The van der Waals surface area contributed by atoms with E-state index in [0.29, 0.717) is 28.8 Å². The number of nitrogens with one attached hydrogen (secondary N) is 1. The summed E-state index contributed by atoms with van der Waals surface area (Å²) in [6.07, 6.45) is 2.05. The molecule has 1 rings (SSSR count). The zero-order valence-corrected chi connectivity index (χ0v) is 11.1. The van der Waals surface area contributed by atoms with E-state index in [0.717, 1.165) is 12.8 Å². The number of ether oxygens (including phenoxy) is 1. The molecule has 0 spiro atoms. The average molecular weight is 276 g/mol. The first kappa shape index (κ1) is 14.1. The molecule has 1 amide bonds. The predicted octanol–water partition coefficient (Wildman–Crippen LogP) is 3.70. The van der Waals surface area contributed by atoms with E-state index in [-0.39, 0.29) is 5.91 Å². The summed E-state index contributed by atoms with van der Waals surface area (Å²) in [4.78, 5) is 11.6. The van der Waals surface area contributed by atoms with Crippen LogP contribution in [-0.2, 0) is 4.79 Å². The summed E-state index contributed by atoms with van der Waals surface area (Å²) in [5.74, 6) is 1.17. The lowest BCUT2D eigenvalue weighted by atomic mass is 10.2. The molecule has 1 N–H and O–H groups in total. The number of carbonyl (C=O) groups excluding carboxylic acids is 1. The van der Waals surface area contributed by atoms with Gasteiger partial charge in [-0.2, -0.15) is 0 Å².